The van der Waals surface area contributed by atoms with E-state index in [2.05, 4.69) is 20.5 Å². The molecular weight excluding hydrogens is 361 g/mol. The fraction of sp³-hybridized carbons (Fsp3) is 0.450. The molecule has 1 fully saturated rings. The third-order valence-corrected chi connectivity index (χ3v) is 5.62. The van der Waals surface area contributed by atoms with Gasteiger partial charge in [-0.3, -0.25) is 4.40 Å². The van der Waals surface area contributed by atoms with E-state index in [4.69, 9.17) is 9.47 Å². The Bertz CT molecular complexity index is 998. The van der Waals surface area contributed by atoms with Gasteiger partial charge in [0.05, 0.1) is 6.61 Å². The molecule has 4 heterocycles. The van der Waals surface area contributed by atoms with Gasteiger partial charge in [-0.25, -0.2) is 9.37 Å². The molecule has 7 nitrogen and oxygen atoms in total. The molecule has 1 atom stereocenters. The van der Waals surface area contributed by atoms with E-state index in [1.54, 1.807) is 12.4 Å². The maximum atomic E-state index is 14.4. The average molecular weight is 383 g/mol. The topological polar surface area (TPSA) is 73.6 Å². The molecule has 3 aromatic rings. The van der Waals surface area contributed by atoms with Gasteiger partial charge in [0.2, 0.25) is 5.95 Å². The van der Waals surface area contributed by atoms with Crippen LogP contribution in [-0.4, -0.2) is 39.4 Å². The second-order valence-electron chi connectivity index (χ2n) is 7.26. The van der Waals surface area contributed by atoms with Crippen molar-refractivity contribution in [1.29, 1.82) is 0 Å². The van der Waals surface area contributed by atoms with E-state index < -0.39 is 0 Å². The first kappa shape index (κ1) is 17.4. The van der Waals surface area contributed by atoms with E-state index in [0.29, 0.717) is 30.6 Å². The van der Waals surface area contributed by atoms with Gasteiger partial charge in [-0.05, 0) is 37.3 Å². The van der Waals surface area contributed by atoms with Crippen LogP contribution in [0.1, 0.15) is 41.9 Å². The first-order chi connectivity index (χ1) is 13.8. The summed E-state index contributed by atoms with van der Waals surface area (Å²) in [5.41, 5.74) is 3.45. The number of ether oxygens (including phenoxy) is 2. The monoisotopic (exact) mass is 383 g/mol. The van der Waals surface area contributed by atoms with Crippen molar-refractivity contribution in [1.82, 2.24) is 19.6 Å². The van der Waals surface area contributed by atoms with Gasteiger partial charge in [0.1, 0.15) is 17.9 Å². The highest BCUT2D eigenvalue weighted by atomic mass is 19.1. The molecule has 2 aromatic heterocycles. The lowest BCUT2D eigenvalue weighted by atomic mass is 9.94. The summed E-state index contributed by atoms with van der Waals surface area (Å²) in [6, 6.07) is 3.16. The molecule has 1 saturated heterocycles. The summed E-state index contributed by atoms with van der Waals surface area (Å²) in [7, 11) is 0. The molecule has 0 spiro atoms. The average Bonchev–Trinajstić information content (AvgIpc) is 3.31. The smallest absolute Gasteiger partial charge is 0.210 e. The van der Waals surface area contributed by atoms with Gasteiger partial charge in [-0.15, -0.1) is 10.2 Å². The number of hydrogen-bond donors (Lipinski definition) is 1. The molecule has 0 saturated carbocycles. The van der Waals surface area contributed by atoms with Crippen LogP contribution in [0.5, 0.6) is 5.75 Å². The number of aromatic nitrogens is 4. The van der Waals surface area contributed by atoms with Crippen molar-refractivity contribution in [3.63, 3.8) is 0 Å². The number of halogens is 1. The van der Waals surface area contributed by atoms with Crippen molar-refractivity contribution in [2.45, 2.75) is 38.1 Å². The van der Waals surface area contributed by atoms with E-state index in [9.17, 15) is 4.39 Å². The van der Waals surface area contributed by atoms with Crippen molar-refractivity contribution in [2.75, 3.05) is 25.1 Å². The number of benzene rings is 1. The summed E-state index contributed by atoms with van der Waals surface area (Å²) in [4.78, 5) is 4.60. The molecule has 1 aromatic carbocycles. The SMILES string of the molecule is Fc1ccc2c(c1CNc1ncc(C3CCCOCC3)c3nncn13)CCO2. The standard InChI is InChI=1S/C20H22FN5O2/c21-17-3-4-18-14(6-9-28-18)16(17)11-23-20-22-10-15(19-25-24-12-26(19)20)13-2-1-7-27-8-5-13/h3-4,10,12-13H,1-2,5-9,11H2,(H,22,23). The van der Waals surface area contributed by atoms with E-state index >= 15 is 0 Å². The summed E-state index contributed by atoms with van der Waals surface area (Å²) >= 11 is 0. The summed E-state index contributed by atoms with van der Waals surface area (Å²) in [5, 5.41) is 11.6. The third kappa shape index (κ3) is 3.07. The van der Waals surface area contributed by atoms with Crippen LogP contribution in [0.15, 0.2) is 24.7 Å². The van der Waals surface area contributed by atoms with Crippen molar-refractivity contribution >= 4 is 11.6 Å². The fourth-order valence-electron chi connectivity index (χ4n) is 4.14. The van der Waals surface area contributed by atoms with Gasteiger partial charge in [-0.2, -0.15) is 0 Å². The molecule has 0 radical (unpaired) electrons. The van der Waals surface area contributed by atoms with Gasteiger partial charge in [0.15, 0.2) is 5.65 Å². The molecule has 0 bridgehead atoms. The summed E-state index contributed by atoms with van der Waals surface area (Å²) < 4.78 is 27.4. The summed E-state index contributed by atoms with van der Waals surface area (Å²) in [5.74, 6) is 1.51. The molecule has 146 valence electrons. The van der Waals surface area contributed by atoms with E-state index in [1.807, 2.05) is 10.6 Å². The normalized spacial score (nSPS) is 19.2. The lowest BCUT2D eigenvalue weighted by Crippen LogP contribution is -2.11. The minimum Gasteiger partial charge on any atom is -0.493 e. The lowest BCUT2D eigenvalue weighted by Gasteiger charge is -2.16. The number of rotatable bonds is 4. The van der Waals surface area contributed by atoms with Crippen LogP contribution in [0.25, 0.3) is 5.65 Å². The number of nitrogens with one attached hydrogen (secondary N) is 1. The lowest BCUT2D eigenvalue weighted by molar-refractivity contribution is 0.143. The van der Waals surface area contributed by atoms with Crippen LogP contribution in [0.3, 0.4) is 0 Å². The predicted molar refractivity (Wildman–Crippen MR) is 101 cm³/mol. The minimum atomic E-state index is -0.230. The molecular formula is C20H22FN5O2. The quantitative estimate of drug-likeness (QED) is 0.746. The molecule has 0 aliphatic carbocycles. The van der Waals surface area contributed by atoms with Crippen LogP contribution in [0, 0.1) is 5.82 Å². The zero-order valence-electron chi connectivity index (χ0n) is 15.5. The van der Waals surface area contributed by atoms with Crippen molar-refractivity contribution in [2.24, 2.45) is 0 Å². The Hall–Kier alpha value is -2.74. The number of nitrogens with zero attached hydrogens (tertiary/aromatic N) is 4. The third-order valence-electron chi connectivity index (χ3n) is 5.62. The van der Waals surface area contributed by atoms with Crippen LogP contribution >= 0.6 is 0 Å². The second kappa shape index (κ2) is 7.35. The van der Waals surface area contributed by atoms with Crippen molar-refractivity contribution in [3.8, 4) is 5.75 Å². The van der Waals surface area contributed by atoms with Crippen LogP contribution in [0.2, 0.25) is 0 Å². The molecule has 1 unspecified atom stereocenters. The van der Waals surface area contributed by atoms with Gasteiger partial charge >= 0.3 is 0 Å². The number of hydrogen-bond acceptors (Lipinski definition) is 6. The number of anilines is 1. The van der Waals surface area contributed by atoms with Gasteiger partial charge in [0.25, 0.3) is 0 Å². The Balaban J connectivity index is 1.43. The highest BCUT2D eigenvalue weighted by Crippen LogP contribution is 2.32. The van der Waals surface area contributed by atoms with Crippen LogP contribution in [-0.2, 0) is 17.7 Å². The van der Waals surface area contributed by atoms with Gasteiger partial charge < -0.3 is 14.8 Å². The zero-order chi connectivity index (χ0) is 18.9. The molecule has 1 N–H and O–H groups in total. The summed E-state index contributed by atoms with van der Waals surface area (Å²) in [6.07, 6.45) is 7.29. The Kier molecular flexibility index (Phi) is 4.56. The van der Waals surface area contributed by atoms with Gasteiger partial charge in [-0.1, -0.05) is 0 Å². The van der Waals surface area contributed by atoms with E-state index in [1.165, 1.54) is 6.07 Å². The Morgan fingerprint density at radius 1 is 1.21 bits per heavy atom. The zero-order valence-corrected chi connectivity index (χ0v) is 15.5. The Morgan fingerprint density at radius 3 is 3.14 bits per heavy atom. The molecule has 28 heavy (non-hydrogen) atoms. The number of fused-ring (bicyclic) bond motifs is 2. The minimum absolute atomic E-state index is 0.230. The van der Waals surface area contributed by atoms with Crippen molar-refractivity contribution in [3.05, 3.63) is 47.2 Å². The highest BCUT2D eigenvalue weighted by Gasteiger charge is 2.22. The first-order valence-electron chi connectivity index (χ1n) is 9.74. The maximum absolute atomic E-state index is 14.4. The first-order valence-corrected chi connectivity index (χ1v) is 9.74. The fourth-order valence-corrected chi connectivity index (χ4v) is 4.14. The molecule has 2 aliphatic heterocycles. The Labute approximate surface area is 161 Å². The molecule has 2 aliphatic rings. The largest absolute Gasteiger partial charge is 0.493 e. The highest BCUT2D eigenvalue weighted by molar-refractivity contribution is 5.53. The molecule has 8 heteroatoms. The Morgan fingerprint density at radius 2 is 2.18 bits per heavy atom. The summed E-state index contributed by atoms with van der Waals surface area (Å²) in [6.45, 7) is 2.49. The van der Waals surface area contributed by atoms with Crippen LogP contribution in [0.4, 0.5) is 10.3 Å². The maximum Gasteiger partial charge on any atom is 0.210 e. The molecule has 5 rings (SSSR count). The second-order valence-corrected chi connectivity index (χ2v) is 7.26. The predicted octanol–water partition coefficient (Wildman–Crippen LogP) is 3.09. The molecule has 0 amide bonds. The van der Waals surface area contributed by atoms with Crippen LogP contribution < -0.4 is 10.1 Å². The van der Waals surface area contributed by atoms with E-state index in [-0.39, 0.29) is 5.82 Å². The van der Waals surface area contributed by atoms with E-state index in [0.717, 1.165) is 61.4 Å². The van der Waals surface area contributed by atoms with Crippen molar-refractivity contribution < 1.29 is 13.9 Å². The van der Waals surface area contributed by atoms with Gasteiger partial charge in [0, 0.05) is 49.1 Å².